The van der Waals surface area contributed by atoms with Crippen LogP contribution in [0.1, 0.15) is 33.1 Å². The molecular weight excluding hydrogens is 174 g/mol. The van der Waals surface area contributed by atoms with Gasteiger partial charge in [0.15, 0.2) is 5.78 Å². The van der Waals surface area contributed by atoms with Crippen LogP contribution >= 0.6 is 0 Å². The molecule has 0 aromatic heterocycles. The van der Waals surface area contributed by atoms with Crippen molar-refractivity contribution in [2.24, 2.45) is 5.92 Å². The molecule has 1 saturated heterocycles. The number of likely N-dealkylation sites (N-methyl/N-ethyl adjacent to an activating group) is 1. The van der Waals surface area contributed by atoms with Crippen molar-refractivity contribution in [3.63, 3.8) is 0 Å². The van der Waals surface area contributed by atoms with E-state index in [4.69, 9.17) is 0 Å². The van der Waals surface area contributed by atoms with Crippen molar-refractivity contribution in [2.75, 3.05) is 13.6 Å². The zero-order chi connectivity index (χ0) is 10.6. The molecule has 2 heteroatoms. The number of ketones is 1. The maximum atomic E-state index is 11.5. The van der Waals surface area contributed by atoms with E-state index in [0.29, 0.717) is 6.04 Å². The summed E-state index contributed by atoms with van der Waals surface area (Å²) in [7, 11) is 2.12. The summed E-state index contributed by atoms with van der Waals surface area (Å²) in [5, 5.41) is 0. The fourth-order valence-electron chi connectivity index (χ4n) is 1.75. The Balaban J connectivity index is 2.42. The van der Waals surface area contributed by atoms with E-state index in [2.05, 4.69) is 24.9 Å². The maximum absolute atomic E-state index is 11.5. The summed E-state index contributed by atoms with van der Waals surface area (Å²) in [4.78, 5) is 13.8. The Morgan fingerprint density at radius 3 is 2.86 bits per heavy atom. The molecular formula is C12H21NO. The van der Waals surface area contributed by atoms with Gasteiger partial charge in [0, 0.05) is 12.0 Å². The number of carbonyl (C=O) groups is 1. The highest BCUT2D eigenvalue weighted by Gasteiger charge is 2.18. The van der Waals surface area contributed by atoms with Gasteiger partial charge in [-0.15, -0.1) is 0 Å². The molecule has 1 fully saturated rings. The summed E-state index contributed by atoms with van der Waals surface area (Å²) >= 11 is 0. The molecule has 0 saturated carbocycles. The standard InChI is InChI=1S/C12H21NO/c1-4-10(2)12(14)8-7-11-6-5-9-13(11)3/h7-8,10-11H,4-6,9H2,1-3H3/b8-7+/t10?,11-/m1/s1. The Morgan fingerprint density at radius 2 is 2.36 bits per heavy atom. The van der Waals surface area contributed by atoms with Crippen LogP contribution in [0.4, 0.5) is 0 Å². The minimum absolute atomic E-state index is 0.179. The lowest BCUT2D eigenvalue weighted by atomic mass is 10.0. The van der Waals surface area contributed by atoms with Crippen LogP contribution in [0.25, 0.3) is 0 Å². The van der Waals surface area contributed by atoms with Crippen molar-refractivity contribution in [3.8, 4) is 0 Å². The van der Waals surface area contributed by atoms with E-state index in [0.717, 1.165) is 13.0 Å². The third-order valence-corrected chi connectivity index (χ3v) is 3.16. The van der Waals surface area contributed by atoms with Crippen molar-refractivity contribution >= 4 is 5.78 Å². The monoisotopic (exact) mass is 195 g/mol. The lowest BCUT2D eigenvalue weighted by Gasteiger charge is -2.14. The Bertz CT molecular complexity index is 222. The Kier molecular flexibility index (Phi) is 4.33. The van der Waals surface area contributed by atoms with Crippen molar-refractivity contribution in [3.05, 3.63) is 12.2 Å². The lowest BCUT2D eigenvalue weighted by molar-refractivity contribution is -0.117. The van der Waals surface area contributed by atoms with Crippen LogP contribution in [0.3, 0.4) is 0 Å². The molecule has 14 heavy (non-hydrogen) atoms. The minimum Gasteiger partial charge on any atom is -0.300 e. The molecule has 0 radical (unpaired) electrons. The molecule has 0 spiro atoms. The van der Waals surface area contributed by atoms with Crippen LogP contribution < -0.4 is 0 Å². The smallest absolute Gasteiger partial charge is 0.158 e. The summed E-state index contributed by atoms with van der Waals surface area (Å²) in [5.74, 6) is 0.450. The topological polar surface area (TPSA) is 20.3 Å². The molecule has 0 aliphatic carbocycles. The number of carbonyl (C=O) groups excluding carboxylic acids is 1. The van der Waals surface area contributed by atoms with Crippen LogP contribution in [0.2, 0.25) is 0 Å². The second-order valence-electron chi connectivity index (χ2n) is 4.26. The molecule has 2 atom stereocenters. The van der Waals surface area contributed by atoms with Gasteiger partial charge in [0.2, 0.25) is 0 Å². The maximum Gasteiger partial charge on any atom is 0.158 e. The van der Waals surface area contributed by atoms with E-state index in [9.17, 15) is 4.79 Å². The summed E-state index contributed by atoms with van der Waals surface area (Å²) in [6, 6.07) is 0.489. The van der Waals surface area contributed by atoms with E-state index in [-0.39, 0.29) is 11.7 Å². The number of rotatable bonds is 4. The molecule has 0 amide bonds. The second-order valence-corrected chi connectivity index (χ2v) is 4.26. The number of allylic oxidation sites excluding steroid dienone is 1. The van der Waals surface area contributed by atoms with Crippen LogP contribution in [0.15, 0.2) is 12.2 Å². The predicted molar refractivity (Wildman–Crippen MR) is 59.3 cm³/mol. The number of likely N-dealkylation sites (tertiary alicyclic amines) is 1. The molecule has 1 heterocycles. The highest BCUT2D eigenvalue weighted by atomic mass is 16.1. The van der Waals surface area contributed by atoms with E-state index in [1.54, 1.807) is 6.08 Å². The molecule has 80 valence electrons. The van der Waals surface area contributed by atoms with E-state index >= 15 is 0 Å². The molecule has 0 aromatic rings. The number of hydrogen-bond donors (Lipinski definition) is 0. The first kappa shape index (κ1) is 11.4. The van der Waals surface area contributed by atoms with E-state index < -0.39 is 0 Å². The van der Waals surface area contributed by atoms with Gasteiger partial charge in [0.05, 0.1) is 0 Å². The average molecular weight is 195 g/mol. The van der Waals surface area contributed by atoms with Gasteiger partial charge in [-0.2, -0.15) is 0 Å². The van der Waals surface area contributed by atoms with Crippen LogP contribution in [-0.2, 0) is 4.79 Å². The van der Waals surface area contributed by atoms with Crippen molar-refractivity contribution in [1.29, 1.82) is 0 Å². The summed E-state index contributed by atoms with van der Waals surface area (Å²) in [6.07, 6.45) is 7.23. The first-order valence-electron chi connectivity index (χ1n) is 5.57. The summed E-state index contributed by atoms with van der Waals surface area (Å²) in [6.45, 7) is 5.20. The van der Waals surface area contributed by atoms with Gasteiger partial charge < -0.3 is 0 Å². The molecule has 0 N–H and O–H groups in total. The van der Waals surface area contributed by atoms with Gasteiger partial charge >= 0.3 is 0 Å². The first-order chi connectivity index (χ1) is 6.65. The van der Waals surface area contributed by atoms with Gasteiger partial charge in [-0.05, 0) is 38.9 Å². The summed E-state index contributed by atoms with van der Waals surface area (Å²) in [5.41, 5.74) is 0. The third-order valence-electron chi connectivity index (χ3n) is 3.16. The molecule has 2 nitrogen and oxygen atoms in total. The highest BCUT2D eigenvalue weighted by molar-refractivity contribution is 5.91. The van der Waals surface area contributed by atoms with Crippen LogP contribution in [0.5, 0.6) is 0 Å². The third kappa shape index (κ3) is 2.95. The molecule has 1 unspecified atom stereocenters. The molecule has 1 rings (SSSR count). The molecule has 0 aromatic carbocycles. The van der Waals surface area contributed by atoms with Crippen molar-refractivity contribution in [1.82, 2.24) is 4.90 Å². The quantitative estimate of drug-likeness (QED) is 0.641. The van der Waals surface area contributed by atoms with E-state index in [1.807, 2.05) is 6.92 Å². The molecule has 1 aliphatic heterocycles. The Hall–Kier alpha value is -0.630. The fourth-order valence-corrected chi connectivity index (χ4v) is 1.75. The predicted octanol–water partition coefficient (Wildman–Crippen LogP) is 2.25. The summed E-state index contributed by atoms with van der Waals surface area (Å²) < 4.78 is 0. The SMILES string of the molecule is CCC(C)C(=O)/C=C/[C@H]1CCCN1C. The fraction of sp³-hybridized carbons (Fsp3) is 0.750. The first-order valence-corrected chi connectivity index (χ1v) is 5.57. The number of nitrogens with zero attached hydrogens (tertiary/aromatic N) is 1. The minimum atomic E-state index is 0.179. The Labute approximate surface area is 87.0 Å². The van der Waals surface area contributed by atoms with Crippen LogP contribution in [0, 0.1) is 5.92 Å². The molecule has 0 bridgehead atoms. The van der Waals surface area contributed by atoms with Gasteiger partial charge in [-0.3, -0.25) is 9.69 Å². The van der Waals surface area contributed by atoms with Gasteiger partial charge in [0.25, 0.3) is 0 Å². The number of hydrogen-bond acceptors (Lipinski definition) is 2. The lowest BCUT2D eigenvalue weighted by Crippen LogP contribution is -2.23. The largest absolute Gasteiger partial charge is 0.300 e. The normalized spacial score (nSPS) is 25.8. The second kappa shape index (κ2) is 5.30. The zero-order valence-corrected chi connectivity index (χ0v) is 9.49. The van der Waals surface area contributed by atoms with Gasteiger partial charge in [-0.1, -0.05) is 19.9 Å². The van der Waals surface area contributed by atoms with Crippen LogP contribution in [-0.4, -0.2) is 30.3 Å². The van der Waals surface area contributed by atoms with Gasteiger partial charge in [0.1, 0.15) is 0 Å². The van der Waals surface area contributed by atoms with Crippen molar-refractivity contribution < 1.29 is 4.79 Å². The van der Waals surface area contributed by atoms with Crippen molar-refractivity contribution in [2.45, 2.75) is 39.2 Å². The van der Waals surface area contributed by atoms with Gasteiger partial charge in [-0.25, -0.2) is 0 Å². The van der Waals surface area contributed by atoms with E-state index in [1.165, 1.54) is 12.8 Å². The zero-order valence-electron chi connectivity index (χ0n) is 9.49. The average Bonchev–Trinajstić information content (AvgIpc) is 2.59. The molecule has 1 aliphatic rings. The highest BCUT2D eigenvalue weighted by Crippen LogP contribution is 2.16. The Morgan fingerprint density at radius 1 is 1.64 bits per heavy atom.